The van der Waals surface area contributed by atoms with Crippen LogP contribution in [-0.2, 0) is 0 Å². The normalized spacial score (nSPS) is 21.0. The minimum Gasteiger partial charge on any atom is -0.495 e. The van der Waals surface area contributed by atoms with Crippen LogP contribution >= 0.6 is 12.2 Å². The lowest BCUT2D eigenvalue weighted by Gasteiger charge is -2.30. The first-order valence-electron chi connectivity index (χ1n) is 7.41. The van der Waals surface area contributed by atoms with Gasteiger partial charge in [-0.1, -0.05) is 19.8 Å². The number of methoxy groups -OCH3 is 1. The van der Waals surface area contributed by atoms with Gasteiger partial charge < -0.3 is 15.4 Å². The van der Waals surface area contributed by atoms with Gasteiger partial charge in [0.25, 0.3) is 5.69 Å². The van der Waals surface area contributed by atoms with Gasteiger partial charge >= 0.3 is 0 Å². The lowest BCUT2D eigenvalue weighted by Crippen LogP contribution is -2.43. The monoisotopic (exact) mass is 323 g/mol. The molecule has 0 bridgehead atoms. The summed E-state index contributed by atoms with van der Waals surface area (Å²) in [5.74, 6) is 1.09. The maximum absolute atomic E-state index is 10.9. The highest BCUT2D eigenvalue weighted by molar-refractivity contribution is 7.80. The molecule has 0 heterocycles. The molecular weight excluding hydrogens is 302 g/mol. The van der Waals surface area contributed by atoms with Crippen LogP contribution in [0.15, 0.2) is 18.2 Å². The van der Waals surface area contributed by atoms with Crippen LogP contribution in [0.3, 0.4) is 0 Å². The Kier molecular flexibility index (Phi) is 5.54. The third-order valence-corrected chi connectivity index (χ3v) is 4.29. The first-order chi connectivity index (χ1) is 10.5. The molecule has 2 rings (SSSR count). The summed E-state index contributed by atoms with van der Waals surface area (Å²) in [4.78, 5) is 10.4. The number of thiocarbonyl (C=S) groups is 1. The molecule has 1 aliphatic carbocycles. The van der Waals surface area contributed by atoms with Crippen molar-refractivity contribution in [3.63, 3.8) is 0 Å². The average Bonchev–Trinajstić information content (AvgIpc) is 2.49. The molecule has 0 aliphatic heterocycles. The van der Waals surface area contributed by atoms with E-state index in [0.717, 1.165) is 6.42 Å². The van der Waals surface area contributed by atoms with Crippen molar-refractivity contribution in [2.75, 3.05) is 12.4 Å². The molecule has 1 aliphatic rings. The van der Waals surface area contributed by atoms with Crippen molar-refractivity contribution in [2.24, 2.45) is 5.92 Å². The zero-order chi connectivity index (χ0) is 16.1. The number of rotatable bonds is 4. The molecule has 1 aromatic carbocycles. The average molecular weight is 323 g/mol. The molecule has 0 aromatic heterocycles. The molecular formula is C15H21N3O3S. The second-order valence-electron chi connectivity index (χ2n) is 5.61. The number of nitro groups is 1. The van der Waals surface area contributed by atoms with Crippen molar-refractivity contribution in [1.82, 2.24) is 5.32 Å². The number of benzene rings is 1. The molecule has 0 unspecified atom stereocenters. The fourth-order valence-electron chi connectivity index (χ4n) is 2.76. The van der Waals surface area contributed by atoms with Gasteiger partial charge in [-0.15, -0.1) is 0 Å². The van der Waals surface area contributed by atoms with Crippen molar-refractivity contribution in [1.29, 1.82) is 0 Å². The highest BCUT2D eigenvalue weighted by atomic mass is 32.1. The molecule has 2 atom stereocenters. The van der Waals surface area contributed by atoms with Crippen molar-refractivity contribution in [3.8, 4) is 5.75 Å². The number of nitrogens with zero attached hydrogens (tertiary/aromatic N) is 1. The van der Waals surface area contributed by atoms with Gasteiger partial charge in [0.05, 0.1) is 17.7 Å². The summed E-state index contributed by atoms with van der Waals surface area (Å²) in [5.41, 5.74) is 0.495. The van der Waals surface area contributed by atoms with Gasteiger partial charge in [0.15, 0.2) is 5.11 Å². The smallest absolute Gasteiger partial charge is 0.271 e. The fourth-order valence-corrected chi connectivity index (χ4v) is 3.03. The van der Waals surface area contributed by atoms with Crippen LogP contribution in [0, 0.1) is 16.0 Å². The number of hydrogen-bond acceptors (Lipinski definition) is 4. The van der Waals surface area contributed by atoms with Crippen molar-refractivity contribution < 1.29 is 9.66 Å². The Morgan fingerprint density at radius 1 is 1.41 bits per heavy atom. The number of ether oxygens (including phenoxy) is 1. The summed E-state index contributed by atoms with van der Waals surface area (Å²) in [6.07, 6.45) is 4.75. The summed E-state index contributed by atoms with van der Waals surface area (Å²) < 4.78 is 5.22. The predicted molar refractivity (Wildman–Crippen MR) is 90.4 cm³/mol. The number of hydrogen-bond donors (Lipinski definition) is 2. The van der Waals surface area contributed by atoms with Gasteiger partial charge in [0.1, 0.15) is 5.75 Å². The Bertz CT molecular complexity index is 565. The molecule has 2 N–H and O–H groups in total. The van der Waals surface area contributed by atoms with Gasteiger partial charge in [-0.3, -0.25) is 10.1 Å². The third kappa shape index (κ3) is 4.07. The van der Waals surface area contributed by atoms with Crippen molar-refractivity contribution >= 4 is 28.7 Å². The molecule has 7 heteroatoms. The summed E-state index contributed by atoms with van der Waals surface area (Å²) in [6.45, 7) is 2.22. The quantitative estimate of drug-likeness (QED) is 0.502. The molecule has 1 aromatic rings. The maximum atomic E-state index is 10.9. The lowest BCUT2D eigenvalue weighted by molar-refractivity contribution is -0.384. The molecule has 1 fully saturated rings. The molecule has 6 nitrogen and oxygen atoms in total. The number of non-ortho nitro benzene ring substituents is 1. The minimum absolute atomic E-state index is 0.00265. The van der Waals surface area contributed by atoms with Crippen LogP contribution < -0.4 is 15.4 Å². The van der Waals surface area contributed by atoms with Gasteiger partial charge in [-0.25, -0.2) is 0 Å². The van der Waals surface area contributed by atoms with E-state index in [2.05, 4.69) is 17.6 Å². The topological polar surface area (TPSA) is 76.4 Å². The molecule has 0 saturated heterocycles. The second-order valence-corrected chi connectivity index (χ2v) is 6.02. The van der Waals surface area contributed by atoms with Crippen molar-refractivity contribution in [2.45, 2.75) is 38.6 Å². The summed E-state index contributed by atoms with van der Waals surface area (Å²) in [6, 6.07) is 4.74. The standard InChI is InChI=1S/C15H21N3O3S/c1-10-5-3-4-6-12(10)16-15(22)17-13-9-11(18(19)20)7-8-14(13)21-2/h7-10,12H,3-6H2,1-2H3,(H2,16,17,22)/t10-,12-/m0/s1. The van der Waals surface area contributed by atoms with Crippen molar-refractivity contribution in [3.05, 3.63) is 28.3 Å². The SMILES string of the molecule is COc1ccc([N+](=O)[O-])cc1NC(=S)N[C@H]1CCCC[C@@H]1C. The molecule has 0 spiro atoms. The van der Waals surface area contributed by atoms with E-state index in [0.29, 0.717) is 28.5 Å². The Morgan fingerprint density at radius 2 is 2.14 bits per heavy atom. The Morgan fingerprint density at radius 3 is 2.77 bits per heavy atom. The summed E-state index contributed by atoms with van der Waals surface area (Å²) in [5, 5.41) is 17.7. The van der Waals surface area contributed by atoms with E-state index in [1.54, 1.807) is 6.07 Å². The highest BCUT2D eigenvalue weighted by Crippen LogP contribution is 2.29. The molecule has 22 heavy (non-hydrogen) atoms. The minimum atomic E-state index is -0.440. The van der Waals surface area contributed by atoms with E-state index in [4.69, 9.17) is 17.0 Å². The van der Waals surface area contributed by atoms with E-state index in [-0.39, 0.29) is 5.69 Å². The van der Waals surface area contributed by atoms with Crippen LogP contribution in [0.25, 0.3) is 0 Å². The zero-order valence-electron chi connectivity index (χ0n) is 12.8. The zero-order valence-corrected chi connectivity index (χ0v) is 13.6. The third-order valence-electron chi connectivity index (χ3n) is 4.07. The van der Waals surface area contributed by atoms with Gasteiger partial charge in [0, 0.05) is 18.2 Å². The lowest BCUT2D eigenvalue weighted by atomic mass is 9.86. The summed E-state index contributed by atoms with van der Waals surface area (Å²) >= 11 is 5.34. The summed E-state index contributed by atoms with van der Waals surface area (Å²) in [7, 11) is 1.52. The fraction of sp³-hybridized carbons (Fsp3) is 0.533. The second kappa shape index (κ2) is 7.40. The Labute approximate surface area is 135 Å². The van der Waals surface area contributed by atoms with Gasteiger partial charge in [-0.2, -0.15) is 0 Å². The van der Waals surface area contributed by atoms with E-state index < -0.39 is 4.92 Å². The van der Waals surface area contributed by atoms with E-state index in [1.807, 2.05) is 0 Å². The number of nitrogens with one attached hydrogen (secondary N) is 2. The van der Waals surface area contributed by atoms with Crippen LogP contribution in [0.1, 0.15) is 32.6 Å². The van der Waals surface area contributed by atoms with Gasteiger partial charge in [0.2, 0.25) is 0 Å². The van der Waals surface area contributed by atoms with Crippen LogP contribution in [0.5, 0.6) is 5.75 Å². The Hall–Kier alpha value is -1.89. The Balaban J connectivity index is 2.06. The van der Waals surface area contributed by atoms with Crippen LogP contribution in [-0.4, -0.2) is 23.2 Å². The van der Waals surface area contributed by atoms with E-state index >= 15 is 0 Å². The van der Waals surface area contributed by atoms with Crippen LogP contribution in [0.4, 0.5) is 11.4 Å². The molecule has 0 amide bonds. The first kappa shape index (κ1) is 16.5. The number of nitro benzene ring substituents is 1. The number of anilines is 1. The van der Waals surface area contributed by atoms with E-state index in [1.165, 1.54) is 38.5 Å². The molecule has 0 radical (unpaired) electrons. The maximum Gasteiger partial charge on any atom is 0.271 e. The first-order valence-corrected chi connectivity index (χ1v) is 7.82. The van der Waals surface area contributed by atoms with Crippen LogP contribution in [0.2, 0.25) is 0 Å². The molecule has 1 saturated carbocycles. The largest absolute Gasteiger partial charge is 0.495 e. The molecule has 120 valence electrons. The van der Waals surface area contributed by atoms with E-state index in [9.17, 15) is 10.1 Å². The highest BCUT2D eigenvalue weighted by Gasteiger charge is 2.22. The van der Waals surface area contributed by atoms with Gasteiger partial charge in [-0.05, 0) is 37.0 Å². The predicted octanol–water partition coefficient (Wildman–Crippen LogP) is 3.47.